The SMILES string of the molecule is CCC1CN(CC2(O)CCNCC2)CCS1. The minimum absolute atomic E-state index is 0.425. The van der Waals surface area contributed by atoms with Gasteiger partial charge in [-0.2, -0.15) is 11.8 Å². The van der Waals surface area contributed by atoms with Crippen molar-refractivity contribution in [1.82, 2.24) is 10.2 Å². The third-order valence-corrected chi connectivity index (χ3v) is 5.10. The highest BCUT2D eigenvalue weighted by Gasteiger charge is 2.32. The van der Waals surface area contributed by atoms with Crippen LogP contribution in [0, 0.1) is 0 Å². The van der Waals surface area contributed by atoms with Gasteiger partial charge in [-0.15, -0.1) is 0 Å². The molecule has 0 aliphatic carbocycles. The van der Waals surface area contributed by atoms with Crippen LogP contribution < -0.4 is 5.32 Å². The first-order valence-electron chi connectivity index (χ1n) is 6.49. The molecule has 2 aliphatic heterocycles. The molecule has 94 valence electrons. The second kappa shape index (κ2) is 5.71. The van der Waals surface area contributed by atoms with Crippen molar-refractivity contribution in [3.8, 4) is 0 Å². The van der Waals surface area contributed by atoms with Gasteiger partial charge in [0.15, 0.2) is 0 Å². The van der Waals surface area contributed by atoms with Crippen molar-refractivity contribution in [3.05, 3.63) is 0 Å². The summed E-state index contributed by atoms with van der Waals surface area (Å²) in [5.74, 6) is 1.23. The molecule has 16 heavy (non-hydrogen) atoms. The van der Waals surface area contributed by atoms with Gasteiger partial charge in [-0.3, -0.25) is 4.90 Å². The highest BCUT2D eigenvalue weighted by Crippen LogP contribution is 2.25. The minimum Gasteiger partial charge on any atom is -0.388 e. The maximum atomic E-state index is 10.5. The molecular formula is C12H24N2OS. The predicted octanol–water partition coefficient (Wildman–Crippen LogP) is 0.928. The van der Waals surface area contributed by atoms with E-state index in [2.05, 4.69) is 28.9 Å². The number of thioether (sulfide) groups is 1. The summed E-state index contributed by atoms with van der Waals surface area (Å²) >= 11 is 2.09. The summed E-state index contributed by atoms with van der Waals surface area (Å²) in [6.07, 6.45) is 3.07. The molecule has 0 saturated carbocycles. The maximum absolute atomic E-state index is 10.5. The van der Waals surface area contributed by atoms with Gasteiger partial charge in [0, 0.05) is 30.6 Å². The van der Waals surface area contributed by atoms with E-state index in [-0.39, 0.29) is 0 Å². The Hall–Kier alpha value is 0.230. The first-order valence-corrected chi connectivity index (χ1v) is 7.54. The molecule has 1 atom stereocenters. The lowest BCUT2D eigenvalue weighted by Gasteiger charge is -2.40. The van der Waals surface area contributed by atoms with Crippen LogP contribution in [0.3, 0.4) is 0 Å². The van der Waals surface area contributed by atoms with Gasteiger partial charge in [0.25, 0.3) is 0 Å². The summed E-state index contributed by atoms with van der Waals surface area (Å²) in [6.45, 7) is 7.40. The molecule has 0 radical (unpaired) electrons. The van der Waals surface area contributed by atoms with Crippen molar-refractivity contribution in [2.75, 3.05) is 38.5 Å². The van der Waals surface area contributed by atoms with Crippen LogP contribution in [0.1, 0.15) is 26.2 Å². The van der Waals surface area contributed by atoms with Crippen LogP contribution in [0.4, 0.5) is 0 Å². The first kappa shape index (κ1) is 12.7. The van der Waals surface area contributed by atoms with Gasteiger partial charge in [0.1, 0.15) is 0 Å². The van der Waals surface area contributed by atoms with E-state index in [1.807, 2.05) is 0 Å². The van der Waals surface area contributed by atoms with Gasteiger partial charge < -0.3 is 10.4 Å². The van der Waals surface area contributed by atoms with E-state index in [9.17, 15) is 5.11 Å². The Morgan fingerprint density at radius 1 is 1.44 bits per heavy atom. The second-order valence-corrected chi connectivity index (χ2v) is 6.52. The summed E-state index contributed by atoms with van der Waals surface area (Å²) < 4.78 is 0. The van der Waals surface area contributed by atoms with Crippen molar-refractivity contribution in [1.29, 1.82) is 0 Å². The van der Waals surface area contributed by atoms with E-state index < -0.39 is 5.60 Å². The average Bonchev–Trinajstić information content (AvgIpc) is 2.29. The second-order valence-electron chi connectivity index (χ2n) is 5.11. The van der Waals surface area contributed by atoms with E-state index >= 15 is 0 Å². The fourth-order valence-corrected chi connectivity index (χ4v) is 3.89. The maximum Gasteiger partial charge on any atom is 0.0798 e. The quantitative estimate of drug-likeness (QED) is 0.774. The van der Waals surface area contributed by atoms with Crippen LogP contribution in [0.2, 0.25) is 0 Å². The van der Waals surface area contributed by atoms with Crippen LogP contribution in [-0.2, 0) is 0 Å². The van der Waals surface area contributed by atoms with Crippen LogP contribution in [-0.4, -0.2) is 59.3 Å². The van der Waals surface area contributed by atoms with Gasteiger partial charge in [-0.05, 0) is 32.4 Å². The summed E-state index contributed by atoms with van der Waals surface area (Å²) in [7, 11) is 0. The molecule has 0 aromatic heterocycles. The number of β-amino-alcohol motifs (C(OH)–C–C–N with tert-alkyl or cyclic N) is 1. The molecule has 2 heterocycles. The third kappa shape index (κ3) is 3.36. The summed E-state index contributed by atoms with van der Waals surface area (Å²) in [6, 6.07) is 0. The Balaban J connectivity index is 1.83. The number of nitrogens with one attached hydrogen (secondary N) is 1. The van der Waals surface area contributed by atoms with Crippen LogP contribution >= 0.6 is 11.8 Å². The number of rotatable bonds is 3. The Morgan fingerprint density at radius 2 is 2.19 bits per heavy atom. The summed E-state index contributed by atoms with van der Waals surface area (Å²) in [5.41, 5.74) is -0.425. The highest BCUT2D eigenvalue weighted by molar-refractivity contribution is 8.00. The number of hydrogen-bond donors (Lipinski definition) is 2. The molecule has 2 N–H and O–H groups in total. The van der Waals surface area contributed by atoms with Crippen molar-refractivity contribution >= 4 is 11.8 Å². The zero-order valence-corrected chi connectivity index (χ0v) is 11.1. The standard InChI is InChI=1S/C12H24N2OS/c1-2-11-9-14(7-8-16-11)10-12(15)3-5-13-6-4-12/h11,13,15H,2-10H2,1H3. The van der Waals surface area contributed by atoms with Crippen molar-refractivity contribution in [3.63, 3.8) is 0 Å². The number of aliphatic hydroxyl groups is 1. The zero-order valence-electron chi connectivity index (χ0n) is 10.2. The van der Waals surface area contributed by atoms with E-state index in [1.165, 1.54) is 12.2 Å². The number of hydrogen-bond acceptors (Lipinski definition) is 4. The molecule has 3 nitrogen and oxygen atoms in total. The normalized spacial score (nSPS) is 31.5. The summed E-state index contributed by atoms with van der Waals surface area (Å²) in [5, 5.41) is 14.6. The minimum atomic E-state index is -0.425. The summed E-state index contributed by atoms with van der Waals surface area (Å²) in [4.78, 5) is 2.47. The third-order valence-electron chi connectivity index (χ3n) is 3.73. The molecule has 0 bridgehead atoms. The van der Waals surface area contributed by atoms with E-state index in [1.54, 1.807) is 0 Å². The molecule has 0 amide bonds. The van der Waals surface area contributed by atoms with E-state index in [0.29, 0.717) is 0 Å². The Bertz CT molecular complexity index is 219. The molecule has 0 aromatic carbocycles. The van der Waals surface area contributed by atoms with E-state index in [4.69, 9.17) is 0 Å². The predicted molar refractivity (Wildman–Crippen MR) is 70.0 cm³/mol. The highest BCUT2D eigenvalue weighted by atomic mass is 32.2. The van der Waals surface area contributed by atoms with Gasteiger partial charge in [0.2, 0.25) is 0 Å². The molecule has 2 fully saturated rings. The molecular weight excluding hydrogens is 220 g/mol. The van der Waals surface area contributed by atoms with Crippen molar-refractivity contribution < 1.29 is 5.11 Å². The topological polar surface area (TPSA) is 35.5 Å². The van der Waals surface area contributed by atoms with Crippen molar-refractivity contribution in [2.24, 2.45) is 0 Å². The smallest absolute Gasteiger partial charge is 0.0798 e. The lowest BCUT2D eigenvalue weighted by Crippen LogP contribution is -2.52. The largest absolute Gasteiger partial charge is 0.388 e. The van der Waals surface area contributed by atoms with Crippen molar-refractivity contribution in [2.45, 2.75) is 37.0 Å². The van der Waals surface area contributed by atoms with Crippen LogP contribution in [0.25, 0.3) is 0 Å². The zero-order chi connectivity index (χ0) is 11.4. The fraction of sp³-hybridized carbons (Fsp3) is 1.00. The van der Waals surface area contributed by atoms with Gasteiger partial charge in [0.05, 0.1) is 5.60 Å². The lowest BCUT2D eigenvalue weighted by molar-refractivity contribution is -0.0201. The molecule has 2 saturated heterocycles. The Kier molecular flexibility index (Phi) is 4.53. The molecule has 0 spiro atoms. The Labute approximate surface area is 103 Å². The molecule has 2 rings (SSSR count). The molecule has 2 aliphatic rings. The van der Waals surface area contributed by atoms with Gasteiger partial charge in [-0.1, -0.05) is 6.92 Å². The van der Waals surface area contributed by atoms with E-state index in [0.717, 1.165) is 50.8 Å². The van der Waals surface area contributed by atoms with Gasteiger partial charge in [-0.25, -0.2) is 0 Å². The first-order chi connectivity index (χ1) is 7.72. The molecule has 0 aromatic rings. The average molecular weight is 244 g/mol. The lowest BCUT2D eigenvalue weighted by atomic mass is 9.92. The molecule has 4 heteroatoms. The number of nitrogens with zero attached hydrogens (tertiary/aromatic N) is 1. The van der Waals surface area contributed by atoms with Crippen LogP contribution in [0.5, 0.6) is 0 Å². The fourth-order valence-electron chi connectivity index (χ4n) is 2.64. The number of piperidine rings is 1. The Morgan fingerprint density at radius 3 is 2.88 bits per heavy atom. The molecule has 1 unspecified atom stereocenters. The monoisotopic (exact) mass is 244 g/mol. The van der Waals surface area contributed by atoms with Crippen LogP contribution in [0.15, 0.2) is 0 Å². The van der Waals surface area contributed by atoms with Gasteiger partial charge >= 0.3 is 0 Å².